The SMILES string of the molecule is O=C(NC1CCCC1C(=O)O)c1ccoc1Cl. The van der Waals surface area contributed by atoms with Crippen molar-refractivity contribution in [1.82, 2.24) is 5.32 Å². The van der Waals surface area contributed by atoms with Crippen LogP contribution in [0, 0.1) is 5.92 Å². The highest BCUT2D eigenvalue weighted by Crippen LogP contribution is 2.26. The van der Waals surface area contributed by atoms with Crippen LogP contribution in [-0.4, -0.2) is 23.0 Å². The van der Waals surface area contributed by atoms with Crippen molar-refractivity contribution in [3.8, 4) is 0 Å². The van der Waals surface area contributed by atoms with E-state index in [2.05, 4.69) is 5.32 Å². The van der Waals surface area contributed by atoms with Gasteiger partial charge in [-0.3, -0.25) is 9.59 Å². The third kappa shape index (κ3) is 2.44. The fourth-order valence-corrected chi connectivity index (χ4v) is 2.33. The molecule has 1 saturated carbocycles. The maximum Gasteiger partial charge on any atom is 0.308 e. The Hall–Kier alpha value is -1.49. The first kappa shape index (κ1) is 12.0. The summed E-state index contributed by atoms with van der Waals surface area (Å²) in [5, 5.41) is 11.7. The quantitative estimate of drug-likeness (QED) is 0.867. The number of hydrogen-bond donors (Lipinski definition) is 2. The lowest BCUT2D eigenvalue weighted by atomic mass is 10.0. The Morgan fingerprint density at radius 3 is 2.82 bits per heavy atom. The van der Waals surface area contributed by atoms with Crippen molar-refractivity contribution in [3.05, 3.63) is 23.1 Å². The zero-order valence-electron chi connectivity index (χ0n) is 8.98. The van der Waals surface area contributed by atoms with Gasteiger partial charge in [-0.25, -0.2) is 0 Å². The Morgan fingerprint density at radius 2 is 2.24 bits per heavy atom. The largest absolute Gasteiger partial charge is 0.481 e. The zero-order valence-corrected chi connectivity index (χ0v) is 9.74. The molecule has 2 unspecified atom stereocenters. The molecular formula is C11H12ClNO4. The molecule has 5 nitrogen and oxygen atoms in total. The van der Waals surface area contributed by atoms with E-state index < -0.39 is 11.9 Å². The van der Waals surface area contributed by atoms with E-state index in [1.165, 1.54) is 12.3 Å². The van der Waals surface area contributed by atoms with Gasteiger partial charge in [0.1, 0.15) is 0 Å². The second-order valence-electron chi connectivity index (χ2n) is 4.06. The molecule has 0 aromatic carbocycles. The van der Waals surface area contributed by atoms with Crippen LogP contribution in [0.15, 0.2) is 16.7 Å². The topological polar surface area (TPSA) is 79.5 Å². The predicted octanol–water partition coefficient (Wildman–Crippen LogP) is 1.92. The van der Waals surface area contributed by atoms with Gasteiger partial charge in [0.2, 0.25) is 5.22 Å². The molecule has 0 aliphatic heterocycles. The van der Waals surface area contributed by atoms with Crippen molar-refractivity contribution >= 4 is 23.5 Å². The van der Waals surface area contributed by atoms with Gasteiger partial charge < -0.3 is 14.8 Å². The lowest BCUT2D eigenvalue weighted by Crippen LogP contribution is -2.40. The van der Waals surface area contributed by atoms with Gasteiger partial charge >= 0.3 is 5.97 Å². The fourth-order valence-electron chi connectivity index (χ4n) is 2.13. The first-order chi connectivity index (χ1) is 8.09. The Bertz CT molecular complexity index is 442. The van der Waals surface area contributed by atoms with Crippen molar-refractivity contribution in [2.45, 2.75) is 25.3 Å². The minimum Gasteiger partial charge on any atom is -0.481 e. The molecule has 0 spiro atoms. The molecule has 17 heavy (non-hydrogen) atoms. The number of amides is 1. The van der Waals surface area contributed by atoms with Gasteiger partial charge in [0.05, 0.1) is 17.7 Å². The van der Waals surface area contributed by atoms with Crippen LogP contribution in [0.1, 0.15) is 29.6 Å². The van der Waals surface area contributed by atoms with Crippen LogP contribution in [0.3, 0.4) is 0 Å². The van der Waals surface area contributed by atoms with Gasteiger partial charge in [-0.2, -0.15) is 0 Å². The Morgan fingerprint density at radius 1 is 1.47 bits per heavy atom. The number of nitrogens with one attached hydrogen (secondary N) is 1. The van der Waals surface area contributed by atoms with E-state index in [1.54, 1.807) is 0 Å². The number of aliphatic carboxylic acids is 1. The molecule has 1 aromatic rings. The maximum absolute atomic E-state index is 11.8. The van der Waals surface area contributed by atoms with E-state index in [-0.39, 0.29) is 22.7 Å². The molecule has 0 saturated heterocycles. The molecule has 1 aliphatic carbocycles. The summed E-state index contributed by atoms with van der Waals surface area (Å²) in [7, 11) is 0. The van der Waals surface area contributed by atoms with Crippen LogP contribution in [-0.2, 0) is 4.79 Å². The lowest BCUT2D eigenvalue weighted by Gasteiger charge is -2.16. The monoisotopic (exact) mass is 257 g/mol. The third-order valence-corrected chi connectivity index (χ3v) is 3.30. The molecule has 2 atom stereocenters. The highest BCUT2D eigenvalue weighted by atomic mass is 35.5. The average Bonchev–Trinajstić information content (AvgIpc) is 2.86. The second-order valence-corrected chi connectivity index (χ2v) is 4.41. The highest BCUT2D eigenvalue weighted by Gasteiger charge is 2.34. The number of carboxylic acids is 1. The van der Waals surface area contributed by atoms with Gasteiger partial charge in [0, 0.05) is 6.04 Å². The first-order valence-electron chi connectivity index (χ1n) is 5.36. The summed E-state index contributed by atoms with van der Waals surface area (Å²) in [6.07, 6.45) is 3.40. The van der Waals surface area contributed by atoms with E-state index >= 15 is 0 Å². The number of furan rings is 1. The Labute approximate surface area is 103 Å². The molecule has 1 fully saturated rings. The normalized spacial score (nSPS) is 23.6. The first-order valence-corrected chi connectivity index (χ1v) is 5.74. The van der Waals surface area contributed by atoms with Gasteiger partial charge in [0.25, 0.3) is 5.91 Å². The highest BCUT2D eigenvalue weighted by molar-refractivity contribution is 6.32. The third-order valence-electron chi connectivity index (χ3n) is 3.01. The number of carbonyl (C=O) groups is 2. The molecule has 0 radical (unpaired) electrons. The van der Waals surface area contributed by atoms with Crippen molar-refractivity contribution in [1.29, 1.82) is 0 Å². The Kier molecular flexibility index (Phi) is 3.38. The lowest BCUT2D eigenvalue weighted by molar-refractivity contribution is -0.142. The maximum atomic E-state index is 11.8. The van der Waals surface area contributed by atoms with Gasteiger partial charge in [-0.1, -0.05) is 6.42 Å². The number of halogens is 1. The molecule has 1 amide bonds. The van der Waals surface area contributed by atoms with Gasteiger partial charge in [-0.15, -0.1) is 0 Å². The standard InChI is InChI=1S/C11H12ClNO4/c12-9-7(4-5-17-9)10(14)13-8-3-1-2-6(8)11(15)16/h4-6,8H,1-3H2,(H,13,14)(H,15,16). The summed E-state index contributed by atoms with van der Waals surface area (Å²) in [4.78, 5) is 22.8. The Balaban J connectivity index is 2.04. The second kappa shape index (κ2) is 4.79. The summed E-state index contributed by atoms with van der Waals surface area (Å²) < 4.78 is 4.81. The summed E-state index contributed by atoms with van der Waals surface area (Å²) in [5.74, 6) is -1.77. The smallest absolute Gasteiger partial charge is 0.308 e. The van der Waals surface area contributed by atoms with E-state index in [0.29, 0.717) is 12.8 Å². The fraction of sp³-hybridized carbons (Fsp3) is 0.455. The van der Waals surface area contributed by atoms with Crippen LogP contribution in [0.2, 0.25) is 5.22 Å². The van der Waals surface area contributed by atoms with Crippen LogP contribution in [0.5, 0.6) is 0 Å². The zero-order chi connectivity index (χ0) is 12.4. The number of rotatable bonds is 3. The minimum absolute atomic E-state index is 0.0207. The number of carboxylic acid groups (broad SMARTS) is 1. The summed E-state index contributed by atoms with van der Waals surface area (Å²) >= 11 is 5.68. The van der Waals surface area contributed by atoms with Crippen LogP contribution in [0.25, 0.3) is 0 Å². The van der Waals surface area contributed by atoms with E-state index in [4.69, 9.17) is 21.1 Å². The van der Waals surface area contributed by atoms with Crippen molar-refractivity contribution in [2.24, 2.45) is 5.92 Å². The predicted molar refractivity (Wildman–Crippen MR) is 59.9 cm³/mol. The molecule has 1 aromatic heterocycles. The minimum atomic E-state index is -0.869. The van der Waals surface area contributed by atoms with E-state index in [0.717, 1.165) is 6.42 Å². The van der Waals surface area contributed by atoms with Gasteiger partial charge in [-0.05, 0) is 30.5 Å². The van der Waals surface area contributed by atoms with Crippen molar-refractivity contribution < 1.29 is 19.1 Å². The molecule has 92 valence electrons. The average molecular weight is 258 g/mol. The van der Waals surface area contributed by atoms with E-state index in [1.807, 2.05) is 0 Å². The molecule has 6 heteroatoms. The summed E-state index contributed by atoms with van der Waals surface area (Å²) in [5.41, 5.74) is 0.239. The molecule has 1 aliphatic rings. The van der Waals surface area contributed by atoms with Crippen LogP contribution in [0.4, 0.5) is 0 Å². The van der Waals surface area contributed by atoms with E-state index in [9.17, 15) is 9.59 Å². The van der Waals surface area contributed by atoms with Crippen LogP contribution < -0.4 is 5.32 Å². The molecule has 1 heterocycles. The van der Waals surface area contributed by atoms with Gasteiger partial charge in [0.15, 0.2) is 0 Å². The van der Waals surface area contributed by atoms with Crippen molar-refractivity contribution in [3.63, 3.8) is 0 Å². The molecule has 0 bridgehead atoms. The summed E-state index contributed by atoms with van der Waals surface area (Å²) in [6, 6.07) is 1.13. The van der Waals surface area contributed by atoms with Crippen LogP contribution >= 0.6 is 11.6 Å². The van der Waals surface area contributed by atoms with Crippen molar-refractivity contribution in [2.75, 3.05) is 0 Å². The number of carbonyl (C=O) groups excluding carboxylic acids is 1. The molecular weight excluding hydrogens is 246 g/mol. The number of hydrogen-bond acceptors (Lipinski definition) is 3. The molecule has 2 N–H and O–H groups in total. The summed E-state index contributed by atoms with van der Waals surface area (Å²) in [6.45, 7) is 0. The molecule has 2 rings (SSSR count).